The molecule has 1 saturated heterocycles. The first-order valence-corrected chi connectivity index (χ1v) is 8.29. The van der Waals surface area contributed by atoms with Gasteiger partial charge in [0.05, 0.1) is 12.8 Å². The van der Waals surface area contributed by atoms with Crippen molar-refractivity contribution in [3.63, 3.8) is 0 Å². The summed E-state index contributed by atoms with van der Waals surface area (Å²) >= 11 is 13.5. The van der Waals surface area contributed by atoms with Crippen LogP contribution in [-0.2, 0) is 9.59 Å². The quantitative estimate of drug-likeness (QED) is 0.467. The number of benzene rings is 1. The number of nitrogens with zero attached hydrogens (tertiary/aromatic N) is 1. The molecule has 3 aliphatic carbocycles. The van der Waals surface area contributed by atoms with Crippen LogP contribution in [0.15, 0.2) is 36.4 Å². The Morgan fingerprint density at radius 2 is 1.48 bits per heavy atom. The number of carbonyl (C=O) groups excluding carboxylic acids is 2. The van der Waals surface area contributed by atoms with Gasteiger partial charge in [-0.25, -0.2) is 4.90 Å². The lowest BCUT2D eigenvalue weighted by Gasteiger charge is -2.48. The number of allylic oxidation sites excluding steroid dienone is 2. The van der Waals surface area contributed by atoms with Crippen molar-refractivity contribution in [3.8, 4) is 5.75 Å². The summed E-state index contributed by atoms with van der Waals surface area (Å²) in [6.45, 7) is 0. The van der Waals surface area contributed by atoms with Gasteiger partial charge in [-0.1, -0.05) is 12.2 Å². The van der Waals surface area contributed by atoms with Crippen molar-refractivity contribution in [2.24, 2.45) is 11.8 Å². The van der Waals surface area contributed by atoms with E-state index in [9.17, 15) is 9.59 Å². The van der Waals surface area contributed by atoms with Crippen molar-refractivity contribution in [3.05, 3.63) is 36.4 Å². The molecule has 1 aromatic rings. The average Bonchev–Trinajstić information content (AvgIpc) is 2.76. The standard InChI is InChI=1S/C17H15Cl2NO3/c1-23-13-8-6-12(7-9-13)20-14(21)16(18)10-2-3-11(5-4-10)17(16,19)15(20)22/h2-3,6-11H,4-5H2,1H3. The highest BCUT2D eigenvalue weighted by molar-refractivity contribution is 6.58. The number of hydrogen-bond acceptors (Lipinski definition) is 3. The monoisotopic (exact) mass is 351 g/mol. The Balaban J connectivity index is 1.83. The number of halogens is 2. The fourth-order valence-electron chi connectivity index (χ4n) is 4.03. The largest absolute Gasteiger partial charge is 0.497 e. The van der Waals surface area contributed by atoms with Crippen LogP contribution in [0, 0.1) is 11.8 Å². The molecule has 120 valence electrons. The zero-order valence-electron chi connectivity index (χ0n) is 12.5. The Morgan fingerprint density at radius 1 is 1.00 bits per heavy atom. The smallest absolute Gasteiger partial charge is 0.258 e. The minimum Gasteiger partial charge on any atom is -0.497 e. The fraction of sp³-hybridized carbons (Fsp3) is 0.412. The molecule has 1 aromatic carbocycles. The van der Waals surface area contributed by atoms with E-state index in [0.717, 1.165) is 17.7 Å². The van der Waals surface area contributed by atoms with Crippen LogP contribution in [0.4, 0.5) is 5.69 Å². The molecule has 0 aromatic heterocycles. The van der Waals surface area contributed by atoms with E-state index in [1.807, 2.05) is 12.2 Å². The number of methoxy groups -OCH3 is 1. The van der Waals surface area contributed by atoms with Crippen LogP contribution < -0.4 is 9.64 Å². The van der Waals surface area contributed by atoms with E-state index >= 15 is 0 Å². The summed E-state index contributed by atoms with van der Waals surface area (Å²) in [5.74, 6) is -0.641. The van der Waals surface area contributed by atoms with Gasteiger partial charge in [0.15, 0.2) is 9.75 Å². The van der Waals surface area contributed by atoms with Gasteiger partial charge < -0.3 is 4.74 Å². The summed E-state index contributed by atoms with van der Waals surface area (Å²) in [5.41, 5.74) is 0.467. The maximum absolute atomic E-state index is 13.0. The first-order chi connectivity index (χ1) is 10.9. The van der Waals surface area contributed by atoms with Gasteiger partial charge in [-0.15, -0.1) is 23.2 Å². The van der Waals surface area contributed by atoms with Gasteiger partial charge in [0, 0.05) is 11.8 Å². The molecule has 2 fully saturated rings. The van der Waals surface area contributed by atoms with Crippen molar-refractivity contribution >= 4 is 40.7 Å². The van der Waals surface area contributed by atoms with Crippen LogP contribution in [0.2, 0.25) is 0 Å². The lowest BCUT2D eigenvalue weighted by atomic mass is 9.62. The summed E-state index contributed by atoms with van der Waals surface area (Å²) in [6.07, 6.45) is 5.41. The number of alkyl halides is 2. The molecule has 2 bridgehead atoms. The number of hydrogen-bond donors (Lipinski definition) is 0. The van der Waals surface area contributed by atoms with Gasteiger partial charge in [0.25, 0.3) is 11.8 Å². The van der Waals surface area contributed by atoms with Crippen LogP contribution in [-0.4, -0.2) is 28.7 Å². The second-order valence-electron chi connectivity index (χ2n) is 6.24. The Morgan fingerprint density at radius 3 is 1.87 bits per heavy atom. The molecule has 1 heterocycles. The number of fused-ring (bicyclic) bond motifs is 1. The minimum atomic E-state index is -1.40. The van der Waals surface area contributed by atoms with E-state index < -0.39 is 21.6 Å². The molecular weight excluding hydrogens is 337 g/mol. The second-order valence-corrected chi connectivity index (χ2v) is 7.43. The molecule has 0 radical (unpaired) electrons. The third-order valence-electron chi connectivity index (χ3n) is 5.28. The topological polar surface area (TPSA) is 46.6 Å². The summed E-state index contributed by atoms with van der Waals surface area (Å²) in [7, 11) is 1.56. The van der Waals surface area contributed by atoms with Crippen molar-refractivity contribution < 1.29 is 14.3 Å². The summed E-state index contributed by atoms with van der Waals surface area (Å²) in [4.78, 5) is 24.4. The summed E-state index contributed by atoms with van der Waals surface area (Å²) < 4.78 is 5.11. The normalized spacial score (nSPS) is 38.1. The van der Waals surface area contributed by atoms with Gasteiger partial charge in [0.2, 0.25) is 0 Å². The van der Waals surface area contributed by atoms with E-state index in [2.05, 4.69) is 0 Å². The van der Waals surface area contributed by atoms with Gasteiger partial charge >= 0.3 is 0 Å². The highest BCUT2D eigenvalue weighted by Gasteiger charge is 2.76. The minimum absolute atomic E-state index is 0.216. The SMILES string of the molecule is COc1ccc(N2C(=O)C3(Cl)C4C=CC(CC4)C3(Cl)C2=O)cc1. The van der Waals surface area contributed by atoms with E-state index in [1.54, 1.807) is 31.4 Å². The molecule has 0 N–H and O–H groups in total. The first kappa shape index (κ1) is 15.0. The van der Waals surface area contributed by atoms with Gasteiger partial charge in [-0.05, 0) is 37.1 Å². The zero-order chi connectivity index (χ0) is 16.4. The molecule has 2 amide bonds. The van der Waals surface area contributed by atoms with Crippen LogP contribution >= 0.6 is 23.2 Å². The Labute approximate surface area is 144 Å². The zero-order valence-corrected chi connectivity index (χ0v) is 14.0. The number of rotatable bonds is 2. The maximum Gasteiger partial charge on any atom is 0.258 e. The highest BCUT2D eigenvalue weighted by atomic mass is 35.5. The van der Waals surface area contributed by atoms with E-state index in [-0.39, 0.29) is 11.8 Å². The molecule has 0 spiro atoms. The van der Waals surface area contributed by atoms with Crippen molar-refractivity contribution in [1.29, 1.82) is 0 Å². The van der Waals surface area contributed by atoms with Gasteiger partial charge in [-0.2, -0.15) is 0 Å². The van der Waals surface area contributed by atoms with Crippen molar-refractivity contribution in [1.82, 2.24) is 0 Å². The van der Waals surface area contributed by atoms with Crippen molar-refractivity contribution in [2.45, 2.75) is 22.6 Å². The molecule has 1 aliphatic heterocycles. The third kappa shape index (κ3) is 1.63. The third-order valence-corrected chi connectivity index (χ3v) is 6.85. The van der Waals surface area contributed by atoms with Crippen LogP contribution in [0.1, 0.15) is 12.8 Å². The highest BCUT2D eigenvalue weighted by Crippen LogP contribution is 2.61. The van der Waals surface area contributed by atoms with Crippen molar-refractivity contribution in [2.75, 3.05) is 12.0 Å². The molecule has 4 aliphatic rings. The van der Waals surface area contributed by atoms with E-state index in [1.165, 1.54) is 0 Å². The number of carbonyl (C=O) groups is 2. The Hall–Kier alpha value is -1.52. The first-order valence-electron chi connectivity index (χ1n) is 7.53. The summed E-state index contributed by atoms with van der Waals surface area (Å²) in [6, 6.07) is 6.74. The maximum atomic E-state index is 13.0. The molecule has 6 heteroatoms. The predicted molar refractivity (Wildman–Crippen MR) is 88.0 cm³/mol. The average molecular weight is 352 g/mol. The molecule has 4 unspecified atom stereocenters. The molecule has 1 saturated carbocycles. The molecule has 5 rings (SSSR count). The number of amides is 2. The number of anilines is 1. The van der Waals surface area contributed by atoms with Crippen LogP contribution in [0.3, 0.4) is 0 Å². The van der Waals surface area contributed by atoms with Crippen LogP contribution in [0.25, 0.3) is 0 Å². The van der Waals surface area contributed by atoms with Gasteiger partial charge in [0.1, 0.15) is 5.75 Å². The molecule has 4 nitrogen and oxygen atoms in total. The fourth-order valence-corrected chi connectivity index (χ4v) is 5.01. The predicted octanol–water partition coefficient (Wildman–Crippen LogP) is 3.12. The Kier molecular flexibility index (Phi) is 3.10. The molecular formula is C17H15Cl2NO3. The summed E-state index contributed by atoms with van der Waals surface area (Å²) in [5, 5.41) is 0. The lowest BCUT2D eigenvalue weighted by molar-refractivity contribution is -0.122. The second kappa shape index (κ2) is 4.74. The van der Waals surface area contributed by atoms with E-state index in [4.69, 9.17) is 27.9 Å². The number of ether oxygens (including phenoxy) is 1. The van der Waals surface area contributed by atoms with Gasteiger partial charge in [-0.3, -0.25) is 9.59 Å². The Bertz CT molecular complexity index is 694. The molecule has 23 heavy (non-hydrogen) atoms. The lowest BCUT2D eigenvalue weighted by Crippen LogP contribution is -2.61. The van der Waals surface area contributed by atoms with Crippen LogP contribution in [0.5, 0.6) is 5.75 Å². The number of imide groups is 1. The van der Waals surface area contributed by atoms with E-state index in [0.29, 0.717) is 11.4 Å². The molecule has 4 atom stereocenters.